The number of hydrogen-bond acceptors (Lipinski definition) is 3. The molecule has 3 nitrogen and oxygen atoms in total. The van der Waals surface area contributed by atoms with Crippen molar-refractivity contribution in [3.05, 3.63) is 36.4 Å². The van der Waals surface area contributed by atoms with Crippen LogP contribution in [0.1, 0.15) is 12.8 Å². The van der Waals surface area contributed by atoms with Crippen LogP contribution in [-0.2, 0) is 4.74 Å². The first kappa shape index (κ1) is 13.2. The molecule has 1 aromatic rings. The largest absolute Gasteiger partial charge is 0.385 e. The van der Waals surface area contributed by atoms with E-state index >= 15 is 0 Å². The topological polar surface area (TPSA) is 24.5 Å². The van der Waals surface area contributed by atoms with E-state index < -0.39 is 0 Å². The lowest BCUT2D eigenvalue weighted by Gasteiger charge is -2.29. The molecule has 0 radical (unpaired) electrons. The quantitative estimate of drug-likeness (QED) is 0.860. The summed E-state index contributed by atoms with van der Waals surface area (Å²) in [7, 11) is 0. The molecule has 3 unspecified atom stereocenters. The van der Waals surface area contributed by atoms with Crippen molar-refractivity contribution in [3.63, 3.8) is 0 Å². The lowest BCUT2D eigenvalue weighted by atomic mass is 9.93. The Morgan fingerprint density at radius 3 is 2.52 bits per heavy atom. The van der Waals surface area contributed by atoms with Crippen molar-refractivity contribution in [3.8, 4) is 0 Å². The van der Waals surface area contributed by atoms with Gasteiger partial charge in [-0.05, 0) is 54.9 Å². The fourth-order valence-corrected chi connectivity index (χ4v) is 3.99. The highest BCUT2D eigenvalue weighted by Crippen LogP contribution is 2.43. The number of anilines is 2. The second-order valence-corrected chi connectivity index (χ2v) is 6.57. The molecule has 2 bridgehead atoms. The highest BCUT2D eigenvalue weighted by Gasteiger charge is 2.35. The van der Waals surface area contributed by atoms with E-state index in [1.165, 1.54) is 24.2 Å². The fourth-order valence-electron chi connectivity index (χ4n) is 3.99. The molecule has 1 saturated heterocycles. The standard InChI is InChI=1S/C18H24N2O/c1-2-15-11-14(1)12-16(15)13-19-17-3-5-18(6-4-17)20-7-9-21-10-8-20/h1-6,14-16,19H,7-13H2. The van der Waals surface area contributed by atoms with Gasteiger partial charge in [-0.15, -0.1) is 0 Å². The summed E-state index contributed by atoms with van der Waals surface area (Å²) in [5.74, 6) is 2.53. The highest BCUT2D eigenvalue weighted by atomic mass is 16.5. The summed E-state index contributed by atoms with van der Waals surface area (Å²) in [5.41, 5.74) is 2.56. The van der Waals surface area contributed by atoms with Gasteiger partial charge in [0.15, 0.2) is 0 Å². The molecule has 4 rings (SSSR count). The molecule has 0 spiro atoms. The Labute approximate surface area is 127 Å². The van der Waals surface area contributed by atoms with E-state index in [2.05, 4.69) is 46.6 Å². The highest BCUT2D eigenvalue weighted by molar-refractivity contribution is 5.55. The number of nitrogens with zero attached hydrogens (tertiary/aromatic N) is 1. The van der Waals surface area contributed by atoms with E-state index in [4.69, 9.17) is 4.74 Å². The van der Waals surface area contributed by atoms with Crippen LogP contribution in [0.15, 0.2) is 36.4 Å². The molecule has 3 heteroatoms. The zero-order chi connectivity index (χ0) is 14.1. The normalized spacial score (nSPS) is 30.9. The van der Waals surface area contributed by atoms with Crippen LogP contribution in [0.3, 0.4) is 0 Å². The molecule has 0 amide bonds. The van der Waals surface area contributed by atoms with Crippen molar-refractivity contribution < 1.29 is 4.74 Å². The van der Waals surface area contributed by atoms with Crippen molar-refractivity contribution in [2.45, 2.75) is 12.8 Å². The Kier molecular flexibility index (Phi) is 3.60. The predicted octanol–water partition coefficient (Wildman–Crippen LogP) is 3.15. The molecule has 0 aromatic heterocycles. The van der Waals surface area contributed by atoms with E-state index in [0.717, 1.165) is 50.6 Å². The maximum Gasteiger partial charge on any atom is 0.0642 e. The van der Waals surface area contributed by atoms with Gasteiger partial charge in [-0.3, -0.25) is 0 Å². The minimum atomic E-state index is 0.829. The zero-order valence-corrected chi connectivity index (χ0v) is 12.5. The summed E-state index contributed by atoms with van der Waals surface area (Å²) in [4.78, 5) is 2.40. The maximum absolute atomic E-state index is 5.41. The van der Waals surface area contributed by atoms with Gasteiger partial charge in [0.05, 0.1) is 13.2 Å². The van der Waals surface area contributed by atoms with Crippen LogP contribution >= 0.6 is 0 Å². The third kappa shape index (κ3) is 2.80. The molecule has 1 aromatic carbocycles. The fraction of sp³-hybridized carbons (Fsp3) is 0.556. The maximum atomic E-state index is 5.41. The molecular weight excluding hydrogens is 260 g/mol. The Hall–Kier alpha value is -1.48. The Balaban J connectivity index is 1.32. The lowest BCUT2D eigenvalue weighted by molar-refractivity contribution is 0.122. The SMILES string of the molecule is C1=CC2CC1CC2CNc1ccc(N2CCOCC2)cc1. The third-order valence-corrected chi connectivity index (χ3v) is 5.23. The lowest BCUT2D eigenvalue weighted by Crippen LogP contribution is -2.36. The van der Waals surface area contributed by atoms with Crippen LogP contribution in [0.4, 0.5) is 11.4 Å². The van der Waals surface area contributed by atoms with Crippen molar-refractivity contribution in [2.24, 2.45) is 17.8 Å². The molecule has 1 heterocycles. The minimum Gasteiger partial charge on any atom is -0.385 e. The van der Waals surface area contributed by atoms with Crippen molar-refractivity contribution >= 4 is 11.4 Å². The van der Waals surface area contributed by atoms with E-state index in [1.54, 1.807) is 0 Å². The van der Waals surface area contributed by atoms with Gasteiger partial charge in [0.1, 0.15) is 0 Å². The summed E-state index contributed by atoms with van der Waals surface area (Å²) in [5, 5.41) is 3.62. The number of rotatable bonds is 4. The van der Waals surface area contributed by atoms with Crippen LogP contribution in [-0.4, -0.2) is 32.8 Å². The Bertz CT molecular complexity index is 504. The molecule has 3 atom stereocenters. The zero-order valence-electron chi connectivity index (χ0n) is 12.5. The second kappa shape index (κ2) is 5.72. The van der Waals surface area contributed by atoms with E-state index in [9.17, 15) is 0 Å². The number of fused-ring (bicyclic) bond motifs is 2. The summed E-state index contributed by atoms with van der Waals surface area (Å²) >= 11 is 0. The third-order valence-electron chi connectivity index (χ3n) is 5.23. The first-order chi connectivity index (χ1) is 10.4. The average molecular weight is 284 g/mol. The van der Waals surface area contributed by atoms with Crippen LogP contribution < -0.4 is 10.2 Å². The minimum absolute atomic E-state index is 0.829. The first-order valence-electron chi connectivity index (χ1n) is 8.23. The van der Waals surface area contributed by atoms with Gasteiger partial charge in [0.2, 0.25) is 0 Å². The molecular formula is C18H24N2O. The van der Waals surface area contributed by atoms with Crippen LogP contribution in [0.5, 0.6) is 0 Å². The molecule has 1 aliphatic heterocycles. The molecule has 3 aliphatic rings. The second-order valence-electron chi connectivity index (χ2n) is 6.57. The van der Waals surface area contributed by atoms with Gasteiger partial charge < -0.3 is 15.0 Å². The smallest absolute Gasteiger partial charge is 0.0642 e. The van der Waals surface area contributed by atoms with Gasteiger partial charge in [0, 0.05) is 31.0 Å². The molecule has 2 fully saturated rings. The van der Waals surface area contributed by atoms with E-state index in [-0.39, 0.29) is 0 Å². The molecule has 1 N–H and O–H groups in total. The van der Waals surface area contributed by atoms with Gasteiger partial charge in [-0.1, -0.05) is 12.2 Å². The van der Waals surface area contributed by atoms with Gasteiger partial charge in [-0.25, -0.2) is 0 Å². The molecule has 1 saturated carbocycles. The van der Waals surface area contributed by atoms with E-state index in [0.29, 0.717) is 0 Å². The first-order valence-corrected chi connectivity index (χ1v) is 8.23. The summed E-state index contributed by atoms with van der Waals surface area (Å²) < 4.78 is 5.41. The Morgan fingerprint density at radius 1 is 1.05 bits per heavy atom. The number of ether oxygens (including phenoxy) is 1. The predicted molar refractivity (Wildman–Crippen MR) is 86.8 cm³/mol. The Morgan fingerprint density at radius 2 is 1.86 bits per heavy atom. The number of allylic oxidation sites excluding steroid dienone is 2. The number of morpholine rings is 1. The average Bonchev–Trinajstić information content (AvgIpc) is 3.17. The number of nitrogens with one attached hydrogen (secondary N) is 1. The van der Waals surface area contributed by atoms with Crippen molar-refractivity contribution in [1.29, 1.82) is 0 Å². The molecule has 112 valence electrons. The van der Waals surface area contributed by atoms with Crippen LogP contribution in [0, 0.1) is 17.8 Å². The van der Waals surface area contributed by atoms with Crippen LogP contribution in [0.2, 0.25) is 0 Å². The molecule has 21 heavy (non-hydrogen) atoms. The van der Waals surface area contributed by atoms with Gasteiger partial charge >= 0.3 is 0 Å². The monoisotopic (exact) mass is 284 g/mol. The summed E-state index contributed by atoms with van der Waals surface area (Å²) in [6.07, 6.45) is 7.61. The number of hydrogen-bond donors (Lipinski definition) is 1. The van der Waals surface area contributed by atoms with Crippen molar-refractivity contribution in [2.75, 3.05) is 43.1 Å². The van der Waals surface area contributed by atoms with Gasteiger partial charge in [-0.2, -0.15) is 0 Å². The number of benzene rings is 1. The van der Waals surface area contributed by atoms with Gasteiger partial charge in [0.25, 0.3) is 0 Å². The molecule has 2 aliphatic carbocycles. The summed E-state index contributed by atoms with van der Waals surface area (Å²) in [6.45, 7) is 4.81. The van der Waals surface area contributed by atoms with E-state index in [1.807, 2.05) is 0 Å². The van der Waals surface area contributed by atoms with Crippen molar-refractivity contribution in [1.82, 2.24) is 0 Å². The van der Waals surface area contributed by atoms with Crippen LogP contribution in [0.25, 0.3) is 0 Å². The summed E-state index contributed by atoms with van der Waals surface area (Å²) in [6, 6.07) is 8.89.